The molecule has 3 rings (SSSR count). The topological polar surface area (TPSA) is 63.1 Å². The molecule has 0 radical (unpaired) electrons. The highest BCUT2D eigenvalue weighted by Crippen LogP contribution is 2.34. The van der Waals surface area contributed by atoms with Gasteiger partial charge in [0.25, 0.3) is 5.91 Å². The fourth-order valence-electron chi connectivity index (χ4n) is 3.86. The highest BCUT2D eigenvalue weighted by molar-refractivity contribution is 5.95. The van der Waals surface area contributed by atoms with Gasteiger partial charge in [-0.2, -0.15) is 5.10 Å². The maximum Gasteiger partial charge on any atom is 0.251 e. The molecule has 3 heterocycles. The summed E-state index contributed by atoms with van der Waals surface area (Å²) in [5.41, 5.74) is 2.93. The second-order valence-corrected chi connectivity index (χ2v) is 6.80. The molecule has 2 aromatic rings. The first-order valence-corrected chi connectivity index (χ1v) is 9.01. The highest BCUT2D eigenvalue weighted by Gasteiger charge is 2.32. The van der Waals surface area contributed by atoms with E-state index < -0.39 is 0 Å². The van der Waals surface area contributed by atoms with Crippen molar-refractivity contribution in [3.05, 3.63) is 47.5 Å². The number of pyridine rings is 1. The first-order valence-electron chi connectivity index (χ1n) is 9.01. The summed E-state index contributed by atoms with van der Waals surface area (Å²) in [6.45, 7) is 3.79. The molecule has 1 N–H and O–H groups in total. The Labute approximate surface area is 149 Å². The average molecular weight is 341 g/mol. The largest absolute Gasteiger partial charge is 0.352 e. The number of hydrogen-bond donors (Lipinski definition) is 1. The lowest BCUT2D eigenvalue weighted by atomic mass is 9.87. The summed E-state index contributed by atoms with van der Waals surface area (Å²) in [6.07, 6.45) is 8.37. The van der Waals surface area contributed by atoms with E-state index in [4.69, 9.17) is 0 Å². The number of likely N-dealkylation sites (tertiary alicyclic amines) is 1. The van der Waals surface area contributed by atoms with Crippen LogP contribution in [-0.4, -0.2) is 45.7 Å². The number of aryl methyl sites for hydroxylation is 2. The summed E-state index contributed by atoms with van der Waals surface area (Å²) in [5.74, 6) is 0.376. The van der Waals surface area contributed by atoms with E-state index in [-0.39, 0.29) is 11.9 Å². The molecule has 1 aliphatic rings. The lowest BCUT2D eigenvalue weighted by molar-refractivity contribution is 0.0879. The van der Waals surface area contributed by atoms with E-state index in [1.54, 1.807) is 18.5 Å². The number of hydrogen-bond acceptors (Lipinski definition) is 4. The summed E-state index contributed by atoms with van der Waals surface area (Å²) in [6, 6.07) is 4.17. The number of rotatable bonds is 5. The van der Waals surface area contributed by atoms with Gasteiger partial charge in [0.1, 0.15) is 0 Å². The van der Waals surface area contributed by atoms with Crippen molar-refractivity contribution in [1.29, 1.82) is 0 Å². The van der Waals surface area contributed by atoms with E-state index in [2.05, 4.69) is 33.4 Å². The zero-order chi connectivity index (χ0) is 17.8. The molecular formula is C19H27N5O. The number of nitrogens with one attached hydrogen (secondary N) is 1. The summed E-state index contributed by atoms with van der Waals surface area (Å²) >= 11 is 0. The standard InChI is InChI=1S/C19H27N5O/c1-4-14-12-20-9-7-16(14)19(25)21-13-15-6-5-11-23(2)18(15)17-8-10-22-24(17)3/h7-10,12,15,18H,4-6,11,13H2,1-3H3,(H,21,25)/t15-,18+/m0/s1. The molecule has 2 aromatic heterocycles. The number of aromatic nitrogens is 3. The summed E-state index contributed by atoms with van der Waals surface area (Å²) in [5, 5.41) is 7.47. The van der Waals surface area contributed by atoms with E-state index in [0.29, 0.717) is 12.5 Å². The summed E-state index contributed by atoms with van der Waals surface area (Å²) in [7, 11) is 4.14. The average Bonchev–Trinajstić information content (AvgIpc) is 3.05. The van der Waals surface area contributed by atoms with Crippen LogP contribution in [0.4, 0.5) is 0 Å². The minimum Gasteiger partial charge on any atom is -0.352 e. The summed E-state index contributed by atoms with van der Waals surface area (Å²) in [4.78, 5) is 19.1. The van der Waals surface area contributed by atoms with Gasteiger partial charge in [-0.25, -0.2) is 0 Å². The summed E-state index contributed by atoms with van der Waals surface area (Å²) < 4.78 is 1.94. The zero-order valence-electron chi connectivity index (χ0n) is 15.3. The van der Waals surface area contributed by atoms with Crippen molar-refractivity contribution >= 4 is 5.91 Å². The van der Waals surface area contributed by atoms with E-state index in [1.807, 2.05) is 24.9 Å². The van der Waals surface area contributed by atoms with Gasteiger partial charge >= 0.3 is 0 Å². The quantitative estimate of drug-likeness (QED) is 0.905. The third-order valence-electron chi connectivity index (χ3n) is 5.22. The van der Waals surface area contributed by atoms with Crippen molar-refractivity contribution < 1.29 is 4.79 Å². The lowest BCUT2D eigenvalue weighted by Crippen LogP contribution is -2.42. The molecule has 1 aliphatic heterocycles. The van der Waals surface area contributed by atoms with Crippen LogP contribution in [0.1, 0.15) is 47.4 Å². The van der Waals surface area contributed by atoms with E-state index in [9.17, 15) is 4.79 Å². The van der Waals surface area contributed by atoms with Gasteiger partial charge in [-0.05, 0) is 56.5 Å². The molecule has 2 atom stereocenters. The second-order valence-electron chi connectivity index (χ2n) is 6.80. The molecule has 1 fully saturated rings. The number of piperidine rings is 1. The van der Waals surface area contributed by atoms with Crippen molar-refractivity contribution in [2.24, 2.45) is 13.0 Å². The number of amides is 1. The van der Waals surface area contributed by atoms with Crippen LogP contribution in [0, 0.1) is 5.92 Å². The Morgan fingerprint density at radius 3 is 2.88 bits per heavy atom. The molecule has 0 saturated carbocycles. The predicted molar refractivity (Wildman–Crippen MR) is 97.3 cm³/mol. The molecular weight excluding hydrogens is 314 g/mol. The molecule has 134 valence electrons. The number of carbonyl (C=O) groups excluding carboxylic acids is 1. The van der Waals surface area contributed by atoms with Gasteiger partial charge < -0.3 is 5.32 Å². The molecule has 6 heteroatoms. The Hall–Kier alpha value is -2.21. The minimum atomic E-state index is -0.00349. The first-order chi connectivity index (χ1) is 12.1. The maximum atomic E-state index is 12.6. The van der Waals surface area contributed by atoms with Gasteiger partial charge in [0, 0.05) is 37.7 Å². The number of carbonyl (C=O) groups is 1. The molecule has 0 bridgehead atoms. The van der Waals surface area contributed by atoms with Crippen LogP contribution < -0.4 is 5.32 Å². The molecule has 25 heavy (non-hydrogen) atoms. The van der Waals surface area contributed by atoms with Crippen LogP contribution in [0.2, 0.25) is 0 Å². The van der Waals surface area contributed by atoms with Crippen LogP contribution in [0.5, 0.6) is 0 Å². The molecule has 0 spiro atoms. The van der Waals surface area contributed by atoms with Crippen molar-refractivity contribution in [2.75, 3.05) is 20.1 Å². The Kier molecular flexibility index (Phi) is 5.48. The first kappa shape index (κ1) is 17.6. The third-order valence-corrected chi connectivity index (χ3v) is 5.22. The van der Waals surface area contributed by atoms with Crippen LogP contribution in [0.3, 0.4) is 0 Å². The van der Waals surface area contributed by atoms with E-state index >= 15 is 0 Å². The van der Waals surface area contributed by atoms with Crippen LogP contribution in [-0.2, 0) is 13.5 Å². The Bertz CT molecular complexity index is 726. The SMILES string of the molecule is CCc1cnccc1C(=O)NC[C@@H]1CCCN(C)[C@H]1c1ccnn1C. The van der Waals surface area contributed by atoms with Crippen molar-refractivity contribution in [3.8, 4) is 0 Å². The predicted octanol–water partition coefficient (Wildman–Crippen LogP) is 2.19. The highest BCUT2D eigenvalue weighted by atomic mass is 16.1. The number of nitrogens with zero attached hydrogens (tertiary/aromatic N) is 4. The van der Waals surface area contributed by atoms with Gasteiger partial charge in [-0.3, -0.25) is 19.4 Å². The fraction of sp³-hybridized carbons (Fsp3) is 0.526. The van der Waals surface area contributed by atoms with Crippen LogP contribution >= 0.6 is 0 Å². The maximum absolute atomic E-state index is 12.6. The van der Waals surface area contributed by atoms with Gasteiger partial charge in [0.2, 0.25) is 0 Å². The molecule has 6 nitrogen and oxygen atoms in total. The van der Waals surface area contributed by atoms with E-state index in [0.717, 1.165) is 36.9 Å². The van der Waals surface area contributed by atoms with Gasteiger partial charge in [-0.1, -0.05) is 6.92 Å². The smallest absolute Gasteiger partial charge is 0.251 e. The Morgan fingerprint density at radius 1 is 1.32 bits per heavy atom. The molecule has 0 unspecified atom stereocenters. The molecule has 1 amide bonds. The van der Waals surface area contributed by atoms with E-state index in [1.165, 1.54) is 5.69 Å². The van der Waals surface area contributed by atoms with Crippen molar-refractivity contribution in [3.63, 3.8) is 0 Å². The van der Waals surface area contributed by atoms with Gasteiger partial charge in [0.05, 0.1) is 11.7 Å². The van der Waals surface area contributed by atoms with Gasteiger partial charge in [0.15, 0.2) is 0 Å². The Morgan fingerprint density at radius 2 is 2.16 bits per heavy atom. The fourth-order valence-corrected chi connectivity index (χ4v) is 3.86. The van der Waals surface area contributed by atoms with Crippen LogP contribution in [0.15, 0.2) is 30.7 Å². The second kappa shape index (κ2) is 7.78. The normalized spacial score (nSPS) is 21.2. The third kappa shape index (κ3) is 3.74. The van der Waals surface area contributed by atoms with Crippen molar-refractivity contribution in [1.82, 2.24) is 25.0 Å². The zero-order valence-corrected chi connectivity index (χ0v) is 15.3. The Balaban J connectivity index is 1.72. The monoisotopic (exact) mass is 341 g/mol. The minimum absolute atomic E-state index is 0.00349. The lowest BCUT2D eigenvalue weighted by Gasteiger charge is -2.39. The van der Waals surface area contributed by atoms with Gasteiger partial charge in [-0.15, -0.1) is 0 Å². The molecule has 1 saturated heterocycles. The molecule has 0 aliphatic carbocycles. The van der Waals surface area contributed by atoms with Crippen molar-refractivity contribution in [2.45, 2.75) is 32.2 Å². The molecule has 0 aromatic carbocycles. The van der Waals surface area contributed by atoms with Crippen LogP contribution in [0.25, 0.3) is 0 Å².